The molecule has 1 aliphatic rings. The quantitative estimate of drug-likeness (QED) is 0.623. The van der Waals surface area contributed by atoms with Crippen molar-refractivity contribution in [1.82, 2.24) is 5.32 Å². The molecule has 0 heterocycles. The van der Waals surface area contributed by atoms with E-state index in [4.69, 9.17) is 16.3 Å². The molecule has 6 heteroatoms. The minimum absolute atomic E-state index is 0.0948. The predicted octanol–water partition coefficient (Wildman–Crippen LogP) is 5.00. The third-order valence-corrected chi connectivity index (χ3v) is 5.27. The van der Waals surface area contributed by atoms with Crippen LogP contribution < -0.4 is 5.32 Å². The number of nitrogens with one attached hydrogen (secondary N) is 1. The van der Waals surface area contributed by atoms with Crippen LogP contribution in [0.3, 0.4) is 0 Å². The Morgan fingerprint density at radius 1 is 0.966 bits per heavy atom. The van der Waals surface area contributed by atoms with E-state index in [0.717, 1.165) is 22.3 Å². The summed E-state index contributed by atoms with van der Waals surface area (Å²) in [7, 11) is 0. The van der Waals surface area contributed by atoms with Crippen LogP contribution in [0.2, 0.25) is 5.02 Å². The number of fused-ring (bicyclic) bond motifs is 3. The zero-order chi connectivity index (χ0) is 20.4. The third kappa shape index (κ3) is 3.82. The molecule has 0 aliphatic heterocycles. The van der Waals surface area contributed by atoms with Crippen LogP contribution in [0.1, 0.15) is 28.7 Å². The summed E-state index contributed by atoms with van der Waals surface area (Å²) in [4.78, 5) is 24.0. The molecule has 1 aliphatic carbocycles. The van der Waals surface area contributed by atoms with Gasteiger partial charge in [-0.3, -0.25) is 0 Å². The molecule has 1 amide bonds. The molecule has 0 bridgehead atoms. The molecule has 3 aromatic rings. The average Bonchev–Trinajstić information content (AvgIpc) is 3.04. The highest BCUT2D eigenvalue weighted by Crippen LogP contribution is 2.44. The molecule has 0 spiro atoms. The fourth-order valence-corrected chi connectivity index (χ4v) is 3.93. The average molecular weight is 408 g/mol. The van der Waals surface area contributed by atoms with E-state index in [1.54, 1.807) is 18.2 Å². The lowest BCUT2D eigenvalue weighted by Gasteiger charge is -2.18. The second-order valence-electron chi connectivity index (χ2n) is 6.80. The maximum absolute atomic E-state index is 12.4. The molecule has 1 atom stereocenters. The number of benzene rings is 3. The Hall–Kier alpha value is -3.31. The van der Waals surface area contributed by atoms with Gasteiger partial charge in [-0.05, 0) is 39.9 Å². The number of hydrogen-bond acceptors (Lipinski definition) is 3. The van der Waals surface area contributed by atoms with Gasteiger partial charge in [-0.25, -0.2) is 9.59 Å². The molecule has 0 radical (unpaired) electrons. The lowest BCUT2D eigenvalue weighted by molar-refractivity contribution is -0.139. The summed E-state index contributed by atoms with van der Waals surface area (Å²) in [6.45, 7) is 0.113. The third-order valence-electron chi connectivity index (χ3n) is 5.03. The van der Waals surface area contributed by atoms with Crippen molar-refractivity contribution in [2.24, 2.45) is 0 Å². The molecule has 4 rings (SSSR count). The van der Waals surface area contributed by atoms with Gasteiger partial charge in [0, 0.05) is 10.9 Å². The van der Waals surface area contributed by atoms with E-state index in [1.165, 1.54) is 6.07 Å². The SMILES string of the molecule is O=C(N[C@@H](C(=O)O)c1cccc(Cl)c1)OCC1c2ccccc2-c2ccccc21. The number of carboxylic acid groups (broad SMARTS) is 1. The Bertz CT molecular complexity index is 1040. The van der Waals surface area contributed by atoms with Crippen LogP contribution in [-0.2, 0) is 9.53 Å². The van der Waals surface area contributed by atoms with Crippen LogP contribution in [0, 0.1) is 0 Å². The monoisotopic (exact) mass is 407 g/mol. The van der Waals surface area contributed by atoms with Crippen molar-refractivity contribution >= 4 is 23.7 Å². The number of rotatable bonds is 5. The molecule has 29 heavy (non-hydrogen) atoms. The molecule has 0 unspecified atom stereocenters. The van der Waals surface area contributed by atoms with Gasteiger partial charge < -0.3 is 15.2 Å². The number of alkyl carbamates (subject to hydrolysis) is 1. The molecule has 0 aromatic heterocycles. The highest BCUT2D eigenvalue weighted by atomic mass is 35.5. The van der Waals surface area contributed by atoms with Crippen molar-refractivity contribution in [1.29, 1.82) is 0 Å². The summed E-state index contributed by atoms with van der Waals surface area (Å²) in [5, 5.41) is 12.3. The van der Waals surface area contributed by atoms with Gasteiger partial charge in [0.15, 0.2) is 6.04 Å². The molecule has 3 aromatic carbocycles. The van der Waals surface area contributed by atoms with Crippen molar-refractivity contribution in [2.75, 3.05) is 6.61 Å². The zero-order valence-electron chi connectivity index (χ0n) is 15.3. The Balaban J connectivity index is 1.49. The van der Waals surface area contributed by atoms with Gasteiger partial charge in [-0.2, -0.15) is 0 Å². The molecule has 0 fully saturated rings. The Morgan fingerprint density at radius 3 is 2.17 bits per heavy atom. The fraction of sp³-hybridized carbons (Fsp3) is 0.130. The molecule has 146 valence electrons. The van der Waals surface area contributed by atoms with E-state index in [9.17, 15) is 14.7 Å². The van der Waals surface area contributed by atoms with Crippen molar-refractivity contribution in [3.63, 3.8) is 0 Å². The number of aliphatic carboxylic acids is 1. The van der Waals surface area contributed by atoms with Gasteiger partial charge in [-0.15, -0.1) is 0 Å². The Labute approximate surface area is 172 Å². The smallest absolute Gasteiger partial charge is 0.408 e. The van der Waals surface area contributed by atoms with E-state index in [1.807, 2.05) is 48.5 Å². The van der Waals surface area contributed by atoms with Gasteiger partial charge in [0.25, 0.3) is 0 Å². The molecule has 2 N–H and O–H groups in total. The van der Waals surface area contributed by atoms with E-state index in [2.05, 4.69) is 5.32 Å². The lowest BCUT2D eigenvalue weighted by atomic mass is 9.98. The summed E-state index contributed by atoms with van der Waals surface area (Å²) in [6, 6.07) is 21.1. The van der Waals surface area contributed by atoms with Gasteiger partial charge in [0.05, 0.1) is 0 Å². The van der Waals surface area contributed by atoms with E-state index in [0.29, 0.717) is 10.6 Å². The Morgan fingerprint density at radius 2 is 1.59 bits per heavy atom. The highest BCUT2D eigenvalue weighted by molar-refractivity contribution is 6.30. The summed E-state index contributed by atoms with van der Waals surface area (Å²) in [6.07, 6.45) is -0.792. The van der Waals surface area contributed by atoms with Gasteiger partial charge >= 0.3 is 12.1 Å². The molecular formula is C23H18ClNO4. The van der Waals surface area contributed by atoms with Crippen LogP contribution in [0.15, 0.2) is 72.8 Å². The van der Waals surface area contributed by atoms with Crippen molar-refractivity contribution in [3.05, 3.63) is 94.5 Å². The first-order valence-corrected chi connectivity index (χ1v) is 9.52. The van der Waals surface area contributed by atoms with Gasteiger partial charge in [-0.1, -0.05) is 72.3 Å². The number of hydrogen-bond donors (Lipinski definition) is 2. The topological polar surface area (TPSA) is 75.6 Å². The summed E-state index contributed by atoms with van der Waals surface area (Å²) in [5.41, 5.74) is 4.80. The predicted molar refractivity (Wildman–Crippen MR) is 110 cm³/mol. The molecule has 5 nitrogen and oxygen atoms in total. The normalized spacial score (nSPS) is 13.3. The standard InChI is InChI=1S/C23H18ClNO4/c24-15-7-5-6-14(12-15)21(22(26)27)25-23(28)29-13-20-18-10-3-1-8-16(18)17-9-2-4-11-19(17)20/h1-12,20-21H,13H2,(H,25,28)(H,26,27)/t21-/m1/s1. The van der Waals surface area contributed by atoms with Crippen molar-refractivity contribution in [2.45, 2.75) is 12.0 Å². The number of carboxylic acids is 1. The largest absolute Gasteiger partial charge is 0.479 e. The van der Waals surface area contributed by atoms with Crippen LogP contribution in [-0.4, -0.2) is 23.8 Å². The van der Waals surface area contributed by atoms with E-state index < -0.39 is 18.1 Å². The second kappa shape index (κ2) is 7.97. The van der Waals surface area contributed by atoms with Gasteiger partial charge in [0.2, 0.25) is 0 Å². The molecule has 0 saturated heterocycles. The first kappa shape index (κ1) is 19.0. The second-order valence-corrected chi connectivity index (χ2v) is 7.23. The summed E-state index contributed by atoms with van der Waals surface area (Å²) in [5.74, 6) is -1.29. The first-order valence-electron chi connectivity index (χ1n) is 9.14. The van der Waals surface area contributed by atoms with Crippen LogP contribution in [0.25, 0.3) is 11.1 Å². The number of amides is 1. The first-order chi connectivity index (χ1) is 14.0. The lowest BCUT2D eigenvalue weighted by Crippen LogP contribution is -2.34. The van der Waals surface area contributed by atoms with Crippen molar-refractivity contribution < 1.29 is 19.4 Å². The number of halogens is 1. The maximum Gasteiger partial charge on any atom is 0.408 e. The minimum atomic E-state index is -1.25. The van der Waals surface area contributed by atoms with Crippen LogP contribution in [0.5, 0.6) is 0 Å². The van der Waals surface area contributed by atoms with E-state index >= 15 is 0 Å². The highest BCUT2D eigenvalue weighted by Gasteiger charge is 2.30. The van der Waals surface area contributed by atoms with Gasteiger partial charge in [0.1, 0.15) is 6.61 Å². The number of carbonyl (C=O) groups excluding carboxylic acids is 1. The van der Waals surface area contributed by atoms with Crippen LogP contribution >= 0.6 is 11.6 Å². The van der Waals surface area contributed by atoms with E-state index in [-0.39, 0.29) is 12.5 Å². The summed E-state index contributed by atoms with van der Waals surface area (Å²) < 4.78 is 5.43. The minimum Gasteiger partial charge on any atom is -0.479 e. The van der Waals surface area contributed by atoms with Crippen LogP contribution in [0.4, 0.5) is 4.79 Å². The molecule has 0 saturated carbocycles. The maximum atomic E-state index is 12.4. The number of ether oxygens (including phenoxy) is 1. The number of carbonyl (C=O) groups is 2. The zero-order valence-corrected chi connectivity index (χ0v) is 16.1. The Kier molecular flexibility index (Phi) is 5.23. The molecular weight excluding hydrogens is 390 g/mol. The fourth-order valence-electron chi connectivity index (χ4n) is 3.73. The summed E-state index contributed by atoms with van der Waals surface area (Å²) >= 11 is 5.94. The van der Waals surface area contributed by atoms with Crippen molar-refractivity contribution in [3.8, 4) is 11.1 Å².